The number of hydrogen-bond donors (Lipinski definition) is 2. The molecule has 2 rings (SSSR count). The molecule has 0 bridgehead atoms. The molecule has 0 saturated carbocycles. The third-order valence-electron chi connectivity index (χ3n) is 2.57. The van der Waals surface area contributed by atoms with Crippen molar-refractivity contribution in [1.29, 1.82) is 0 Å². The zero-order valence-electron chi connectivity index (χ0n) is 9.34. The molecule has 0 aliphatic carbocycles. The first kappa shape index (κ1) is 11.2. The van der Waals surface area contributed by atoms with Crippen LogP contribution in [0.2, 0.25) is 0 Å². The number of hydrogen-bond acceptors (Lipinski definition) is 2. The van der Waals surface area contributed by atoms with E-state index in [0.717, 1.165) is 11.1 Å². The molecule has 0 atom stereocenters. The van der Waals surface area contributed by atoms with Gasteiger partial charge in [-0.15, -0.1) is 0 Å². The maximum Gasteiger partial charge on any atom is 0.335 e. The quantitative estimate of drug-likeness (QED) is 0.830. The molecule has 17 heavy (non-hydrogen) atoms. The van der Waals surface area contributed by atoms with Crippen molar-refractivity contribution in [3.63, 3.8) is 0 Å². The predicted molar refractivity (Wildman–Crippen MR) is 65.2 cm³/mol. The number of aryl methyl sites for hydroxylation is 1. The van der Waals surface area contributed by atoms with Crippen LogP contribution in [0.5, 0.6) is 5.75 Å². The Hall–Kier alpha value is -2.29. The number of benzene rings is 2. The molecule has 0 saturated heterocycles. The average Bonchev–Trinajstić information content (AvgIpc) is 2.29. The molecule has 3 heteroatoms. The van der Waals surface area contributed by atoms with E-state index in [1.807, 2.05) is 31.2 Å². The lowest BCUT2D eigenvalue weighted by Crippen LogP contribution is -1.96. The molecular formula is C14H12O3. The summed E-state index contributed by atoms with van der Waals surface area (Å²) in [4.78, 5) is 10.9. The Labute approximate surface area is 99.0 Å². The first-order chi connectivity index (χ1) is 8.08. The van der Waals surface area contributed by atoms with E-state index in [-0.39, 0.29) is 11.3 Å². The zero-order chi connectivity index (χ0) is 12.4. The van der Waals surface area contributed by atoms with E-state index in [2.05, 4.69) is 0 Å². The number of carbonyl (C=O) groups is 1. The molecule has 0 spiro atoms. The van der Waals surface area contributed by atoms with Gasteiger partial charge in [0, 0.05) is 5.56 Å². The van der Waals surface area contributed by atoms with Crippen LogP contribution in [-0.4, -0.2) is 16.2 Å². The Morgan fingerprint density at radius 2 is 1.88 bits per heavy atom. The van der Waals surface area contributed by atoms with Crippen molar-refractivity contribution in [3.8, 4) is 16.9 Å². The maximum absolute atomic E-state index is 10.9. The molecule has 0 unspecified atom stereocenters. The van der Waals surface area contributed by atoms with Gasteiger partial charge in [0.15, 0.2) is 0 Å². The van der Waals surface area contributed by atoms with Crippen LogP contribution in [0, 0.1) is 6.92 Å². The smallest absolute Gasteiger partial charge is 0.335 e. The van der Waals surface area contributed by atoms with Gasteiger partial charge in [0.25, 0.3) is 0 Å². The summed E-state index contributed by atoms with van der Waals surface area (Å²) < 4.78 is 0. The van der Waals surface area contributed by atoms with Gasteiger partial charge in [-0.2, -0.15) is 0 Å². The topological polar surface area (TPSA) is 57.5 Å². The van der Waals surface area contributed by atoms with Crippen LogP contribution in [0.3, 0.4) is 0 Å². The van der Waals surface area contributed by atoms with E-state index in [1.54, 1.807) is 0 Å². The number of carboxylic acids is 1. The van der Waals surface area contributed by atoms with Crippen molar-refractivity contribution < 1.29 is 15.0 Å². The highest BCUT2D eigenvalue weighted by atomic mass is 16.4. The number of aromatic carboxylic acids is 1. The van der Waals surface area contributed by atoms with Crippen LogP contribution in [0.1, 0.15) is 15.9 Å². The number of rotatable bonds is 2. The fourth-order valence-corrected chi connectivity index (χ4v) is 1.71. The van der Waals surface area contributed by atoms with Crippen LogP contribution in [0.15, 0.2) is 42.5 Å². The Morgan fingerprint density at radius 3 is 2.53 bits per heavy atom. The van der Waals surface area contributed by atoms with Gasteiger partial charge in [0.1, 0.15) is 5.75 Å². The van der Waals surface area contributed by atoms with E-state index in [4.69, 9.17) is 5.11 Å². The highest BCUT2D eigenvalue weighted by Gasteiger charge is 2.09. The summed E-state index contributed by atoms with van der Waals surface area (Å²) in [6, 6.07) is 11.8. The minimum absolute atomic E-state index is 0.0839. The third kappa shape index (κ3) is 2.28. The summed E-state index contributed by atoms with van der Waals surface area (Å²) in [6.07, 6.45) is 0. The molecule has 86 valence electrons. The minimum Gasteiger partial charge on any atom is -0.507 e. The highest BCUT2D eigenvalue weighted by Crippen LogP contribution is 2.30. The van der Waals surface area contributed by atoms with E-state index in [0.29, 0.717) is 5.56 Å². The monoisotopic (exact) mass is 228 g/mol. The van der Waals surface area contributed by atoms with Crippen molar-refractivity contribution in [2.24, 2.45) is 0 Å². The highest BCUT2D eigenvalue weighted by molar-refractivity contribution is 5.90. The molecule has 0 aliphatic rings. The molecule has 3 nitrogen and oxygen atoms in total. The minimum atomic E-state index is -1.00. The molecule has 0 radical (unpaired) electrons. The summed E-state index contributed by atoms with van der Waals surface area (Å²) in [5.74, 6) is -0.917. The normalized spacial score (nSPS) is 10.2. The van der Waals surface area contributed by atoms with Gasteiger partial charge in [0.2, 0.25) is 0 Å². The van der Waals surface area contributed by atoms with Gasteiger partial charge in [-0.25, -0.2) is 4.79 Å². The number of phenols is 1. The average molecular weight is 228 g/mol. The molecule has 2 aromatic carbocycles. The van der Waals surface area contributed by atoms with Gasteiger partial charge in [-0.05, 0) is 30.7 Å². The van der Waals surface area contributed by atoms with Gasteiger partial charge >= 0.3 is 5.97 Å². The lowest BCUT2D eigenvalue weighted by atomic mass is 10.0. The van der Waals surface area contributed by atoms with Crippen molar-refractivity contribution in [2.45, 2.75) is 6.92 Å². The van der Waals surface area contributed by atoms with E-state index >= 15 is 0 Å². The summed E-state index contributed by atoms with van der Waals surface area (Å²) in [5, 5.41) is 18.7. The van der Waals surface area contributed by atoms with Crippen LogP contribution in [0.4, 0.5) is 0 Å². The Kier molecular flexibility index (Phi) is 2.83. The van der Waals surface area contributed by atoms with E-state index < -0.39 is 5.97 Å². The number of phenolic OH excluding ortho intramolecular Hbond substituents is 1. The van der Waals surface area contributed by atoms with Gasteiger partial charge in [-0.1, -0.05) is 29.8 Å². The standard InChI is InChI=1S/C14H12O3/c1-9-3-2-4-10(7-9)12-8-11(14(16)17)5-6-13(12)15/h2-8,15H,1H3,(H,16,17). The van der Waals surface area contributed by atoms with E-state index in [1.165, 1.54) is 18.2 Å². The second-order valence-electron chi connectivity index (χ2n) is 3.91. The Morgan fingerprint density at radius 1 is 1.12 bits per heavy atom. The third-order valence-corrected chi connectivity index (χ3v) is 2.57. The fraction of sp³-hybridized carbons (Fsp3) is 0.0714. The van der Waals surface area contributed by atoms with Crippen LogP contribution in [-0.2, 0) is 0 Å². The Bertz CT molecular complexity index is 573. The van der Waals surface area contributed by atoms with Crippen molar-refractivity contribution in [1.82, 2.24) is 0 Å². The predicted octanol–water partition coefficient (Wildman–Crippen LogP) is 3.07. The molecule has 2 aromatic rings. The number of carboxylic acid groups (broad SMARTS) is 1. The molecule has 2 N–H and O–H groups in total. The molecular weight excluding hydrogens is 216 g/mol. The van der Waals surface area contributed by atoms with E-state index in [9.17, 15) is 9.90 Å². The molecule has 0 aromatic heterocycles. The van der Waals surface area contributed by atoms with Crippen LogP contribution >= 0.6 is 0 Å². The largest absolute Gasteiger partial charge is 0.507 e. The van der Waals surface area contributed by atoms with Crippen molar-refractivity contribution in [3.05, 3.63) is 53.6 Å². The summed E-state index contributed by atoms with van der Waals surface area (Å²) in [5.41, 5.74) is 2.57. The first-order valence-corrected chi connectivity index (χ1v) is 5.21. The van der Waals surface area contributed by atoms with Crippen molar-refractivity contribution >= 4 is 5.97 Å². The van der Waals surface area contributed by atoms with Gasteiger partial charge in [0.05, 0.1) is 5.56 Å². The lowest BCUT2D eigenvalue weighted by molar-refractivity contribution is 0.0697. The van der Waals surface area contributed by atoms with Gasteiger partial charge in [-0.3, -0.25) is 0 Å². The second kappa shape index (κ2) is 4.29. The lowest BCUT2D eigenvalue weighted by Gasteiger charge is -2.06. The van der Waals surface area contributed by atoms with Crippen molar-refractivity contribution in [2.75, 3.05) is 0 Å². The Balaban J connectivity index is 2.58. The summed E-state index contributed by atoms with van der Waals surface area (Å²) >= 11 is 0. The first-order valence-electron chi connectivity index (χ1n) is 5.21. The second-order valence-corrected chi connectivity index (χ2v) is 3.91. The molecule has 0 amide bonds. The SMILES string of the molecule is Cc1cccc(-c2cc(C(=O)O)ccc2O)c1. The number of aromatic hydroxyl groups is 1. The molecule has 0 aliphatic heterocycles. The van der Waals surface area contributed by atoms with Gasteiger partial charge < -0.3 is 10.2 Å². The molecule has 0 fully saturated rings. The van der Waals surface area contributed by atoms with Crippen LogP contribution in [0.25, 0.3) is 11.1 Å². The maximum atomic E-state index is 10.9. The summed E-state index contributed by atoms with van der Waals surface area (Å²) in [7, 11) is 0. The molecule has 0 heterocycles. The van der Waals surface area contributed by atoms with Crippen LogP contribution < -0.4 is 0 Å². The zero-order valence-corrected chi connectivity index (χ0v) is 9.34. The summed E-state index contributed by atoms with van der Waals surface area (Å²) in [6.45, 7) is 1.95. The fourth-order valence-electron chi connectivity index (χ4n) is 1.71.